The Morgan fingerprint density at radius 3 is 2.64 bits per heavy atom. The second-order valence-corrected chi connectivity index (χ2v) is 8.95. The van der Waals surface area contributed by atoms with Crippen LogP contribution in [0.3, 0.4) is 0 Å². The second kappa shape index (κ2) is 9.26. The highest BCUT2D eigenvalue weighted by atomic mass is 16.6. The van der Waals surface area contributed by atoms with Crippen molar-refractivity contribution in [1.29, 1.82) is 0 Å². The molecule has 1 aliphatic carbocycles. The molecular weight excluding hydrogens is 414 g/mol. The number of benzene rings is 3. The monoisotopic (exact) mass is 443 g/mol. The van der Waals surface area contributed by atoms with E-state index < -0.39 is 0 Å². The quantitative estimate of drug-likeness (QED) is 0.377. The first-order valence-corrected chi connectivity index (χ1v) is 11.9. The van der Waals surface area contributed by atoms with E-state index in [9.17, 15) is 9.59 Å². The highest BCUT2D eigenvalue weighted by Gasteiger charge is 2.29. The third kappa shape index (κ3) is 4.32. The largest absolute Gasteiger partial charge is 0.490 e. The molecule has 1 atom stereocenters. The summed E-state index contributed by atoms with van der Waals surface area (Å²) in [5.74, 6) is 0.699. The zero-order valence-corrected chi connectivity index (χ0v) is 18.9. The van der Waals surface area contributed by atoms with Gasteiger partial charge in [-0.3, -0.25) is 9.59 Å². The van der Waals surface area contributed by atoms with Crippen molar-refractivity contribution in [2.45, 2.75) is 51.4 Å². The van der Waals surface area contributed by atoms with E-state index in [1.54, 1.807) is 0 Å². The first-order chi connectivity index (χ1) is 16.1. The van der Waals surface area contributed by atoms with Gasteiger partial charge in [-0.15, -0.1) is 0 Å². The van der Waals surface area contributed by atoms with Crippen LogP contribution in [0.5, 0.6) is 11.5 Å². The molecule has 5 heteroatoms. The van der Waals surface area contributed by atoms with Crippen molar-refractivity contribution in [2.24, 2.45) is 5.92 Å². The number of hydrogen-bond acceptors (Lipinski definition) is 4. The van der Waals surface area contributed by atoms with Crippen LogP contribution in [0, 0.1) is 5.92 Å². The van der Waals surface area contributed by atoms with Crippen LogP contribution < -0.4 is 14.8 Å². The van der Waals surface area contributed by atoms with Gasteiger partial charge in [0.2, 0.25) is 5.91 Å². The minimum absolute atomic E-state index is 0.00499. The summed E-state index contributed by atoms with van der Waals surface area (Å²) in [5, 5.41) is 5.21. The summed E-state index contributed by atoms with van der Waals surface area (Å²) in [5.41, 5.74) is 2.94. The average Bonchev–Trinajstić information content (AvgIpc) is 2.85. The predicted octanol–water partition coefficient (Wildman–Crippen LogP) is 6.20. The van der Waals surface area contributed by atoms with E-state index in [1.807, 2.05) is 49.4 Å². The molecule has 0 unspecified atom stereocenters. The molecule has 5 nitrogen and oxygen atoms in total. The molecule has 0 radical (unpaired) electrons. The predicted molar refractivity (Wildman–Crippen MR) is 129 cm³/mol. The Labute approximate surface area is 194 Å². The smallest absolute Gasteiger partial charge is 0.314 e. The molecule has 0 bridgehead atoms. The van der Waals surface area contributed by atoms with Gasteiger partial charge in [0.05, 0.1) is 18.2 Å². The lowest BCUT2D eigenvalue weighted by molar-refractivity contribution is -0.140. The molecule has 33 heavy (non-hydrogen) atoms. The van der Waals surface area contributed by atoms with Gasteiger partial charge < -0.3 is 14.8 Å². The third-order valence-corrected chi connectivity index (χ3v) is 6.81. The van der Waals surface area contributed by atoms with Crippen molar-refractivity contribution in [2.75, 3.05) is 11.9 Å². The van der Waals surface area contributed by atoms with E-state index in [1.165, 1.54) is 6.42 Å². The van der Waals surface area contributed by atoms with Crippen molar-refractivity contribution >= 4 is 28.3 Å². The third-order valence-electron chi connectivity index (χ3n) is 6.81. The highest BCUT2D eigenvalue weighted by Crippen LogP contribution is 2.43. The maximum atomic E-state index is 12.7. The highest BCUT2D eigenvalue weighted by molar-refractivity contribution is 6.06. The van der Waals surface area contributed by atoms with Gasteiger partial charge in [0.25, 0.3) is 0 Å². The van der Waals surface area contributed by atoms with Crippen LogP contribution >= 0.6 is 0 Å². The van der Waals surface area contributed by atoms with Crippen molar-refractivity contribution in [3.05, 3.63) is 65.7 Å². The fourth-order valence-corrected chi connectivity index (χ4v) is 5.13. The summed E-state index contributed by atoms with van der Waals surface area (Å²) in [6, 6.07) is 18.0. The molecule has 1 heterocycles. The maximum Gasteiger partial charge on any atom is 0.314 e. The minimum atomic E-state index is -0.169. The number of fused-ring (bicyclic) bond motifs is 3. The summed E-state index contributed by atoms with van der Waals surface area (Å²) >= 11 is 0. The van der Waals surface area contributed by atoms with Gasteiger partial charge >= 0.3 is 5.97 Å². The molecule has 0 spiro atoms. The average molecular weight is 444 g/mol. The number of ether oxygens (including phenoxy) is 2. The van der Waals surface area contributed by atoms with Gasteiger partial charge in [-0.05, 0) is 48.4 Å². The van der Waals surface area contributed by atoms with Gasteiger partial charge in [-0.2, -0.15) is 0 Å². The normalized spacial score (nSPS) is 18.5. The SMILES string of the molecule is CCOc1cc([C@H]2CC(=O)Nc3c2ccc2ccccc32)ccc1OC(=O)C1CCCCC1. The number of anilines is 1. The fourth-order valence-electron chi connectivity index (χ4n) is 5.13. The molecule has 5 rings (SSSR count). The van der Waals surface area contributed by atoms with Gasteiger partial charge in [0.1, 0.15) is 0 Å². The van der Waals surface area contributed by atoms with Crippen LogP contribution in [0.1, 0.15) is 62.5 Å². The number of amides is 1. The Morgan fingerprint density at radius 1 is 1.00 bits per heavy atom. The van der Waals surface area contributed by atoms with Crippen LogP contribution in [0.4, 0.5) is 5.69 Å². The van der Waals surface area contributed by atoms with Crippen molar-refractivity contribution < 1.29 is 19.1 Å². The first kappa shape index (κ1) is 21.5. The molecule has 0 aromatic heterocycles. The maximum absolute atomic E-state index is 12.7. The van der Waals surface area contributed by atoms with Crippen LogP contribution in [-0.4, -0.2) is 18.5 Å². The van der Waals surface area contributed by atoms with Crippen molar-refractivity contribution in [1.82, 2.24) is 0 Å². The van der Waals surface area contributed by atoms with Crippen LogP contribution in [0.15, 0.2) is 54.6 Å². The Hall–Kier alpha value is -3.34. The van der Waals surface area contributed by atoms with E-state index in [4.69, 9.17) is 9.47 Å². The molecule has 170 valence electrons. The summed E-state index contributed by atoms with van der Waals surface area (Å²) in [6.07, 6.45) is 5.49. The second-order valence-electron chi connectivity index (χ2n) is 8.95. The molecule has 3 aromatic carbocycles. The van der Waals surface area contributed by atoms with Gasteiger partial charge in [-0.1, -0.05) is 61.7 Å². The molecule has 2 aliphatic rings. The van der Waals surface area contributed by atoms with Gasteiger partial charge in [-0.25, -0.2) is 0 Å². The van der Waals surface area contributed by atoms with E-state index in [2.05, 4.69) is 17.4 Å². The summed E-state index contributed by atoms with van der Waals surface area (Å²) in [7, 11) is 0. The molecular formula is C28H29NO4. The summed E-state index contributed by atoms with van der Waals surface area (Å²) < 4.78 is 11.6. The molecule has 1 N–H and O–H groups in total. The van der Waals surface area contributed by atoms with Crippen LogP contribution in [0.25, 0.3) is 10.8 Å². The molecule has 0 saturated heterocycles. The van der Waals surface area contributed by atoms with E-state index in [-0.39, 0.29) is 23.7 Å². The molecule has 1 amide bonds. The standard InChI is InChI=1S/C28H29NO4/c1-2-32-25-16-20(13-15-24(25)33-28(31)19-9-4-3-5-10-19)23-17-26(30)29-27-21-11-7-6-8-18(21)12-14-22(23)27/h6-8,11-16,19,23H,2-5,9-10,17H2,1H3,(H,29,30)/t23-/m1/s1. The van der Waals surface area contributed by atoms with Gasteiger partial charge in [0.15, 0.2) is 11.5 Å². The molecule has 1 fully saturated rings. The van der Waals surface area contributed by atoms with Crippen LogP contribution in [-0.2, 0) is 9.59 Å². The van der Waals surface area contributed by atoms with E-state index in [0.29, 0.717) is 24.5 Å². The number of carbonyl (C=O) groups is 2. The number of hydrogen-bond donors (Lipinski definition) is 1. The zero-order chi connectivity index (χ0) is 22.8. The summed E-state index contributed by atoms with van der Waals surface area (Å²) in [6.45, 7) is 2.37. The molecule has 1 saturated carbocycles. The summed E-state index contributed by atoms with van der Waals surface area (Å²) in [4.78, 5) is 25.4. The van der Waals surface area contributed by atoms with Crippen molar-refractivity contribution in [3.63, 3.8) is 0 Å². The Kier molecular flexibility index (Phi) is 6.03. The molecule has 3 aromatic rings. The Balaban J connectivity index is 1.48. The Bertz CT molecular complexity index is 1200. The lowest BCUT2D eigenvalue weighted by atomic mass is 9.83. The lowest BCUT2D eigenvalue weighted by Crippen LogP contribution is -2.24. The van der Waals surface area contributed by atoms with E-state index in [0.717, 1.165) is 53.3 Å². The van der Waals surface area contributed by atoms with Crippen molar-refractivity contribution in [3.8, 4) is 11.5 Å². The van der Waals surface area contributed by atoms with Gasteiger partial charge in [0, 0.05) is 17.7 Å². The fraction of sp³-hybridized carbons (Fsp3) is 0.357. The minimum Gasteiger partial charge on any atom is -0.490 e. The first-order valence-electron chi connectivity index (χ1n) is 11.9. The number of esters is 1. The number of carbonyl (C=O) groups excluding carboxylic acids is 2. The Morgan fingerprint density at radius 2 is 1.82 bits per heavy atom. The van der Waals surface area contributed by atoms with Crippen LogP contribution in [0.2, 0.25) is 0 Å². The lowest BCUT2D eigenvalue weighted by Gasteiger charge is -2.28. The topological polar surface area (TPSA) is 64.6 Å². The molecule has 1 aliphatic heterocycles. The number of nitrogens with one attached hydrogen (secondary N) is 1. The number of rotatable bonds is 5. The van der Waals surface area contributed by atoms with E-state index >= 15 is 0 Å². The zero-order valence-electron chi connectivity index (χ0n) is 18.9.